The molecule has 0 unspecified atom stereocenters. The summed E-state index contributed by atoms with van der Waals surface area (Å²) in [5.41, 5.74) is 0.776. The number of benzene rings is 1. The van der Waals surface area contributed by atoms with E-state index in [1.165, 1.54) is 6.07 Å². The molecule has 84 valence electrons. The summed E-state index contributed by atoms with van der Waals surface area (Å²) in [6, 6.07) is 4.30. The Morgan fingerprint density at radius 3 is 2.47 bits per heavy atom. The van der Waals surface area contributed by atoms with Gasteiger partial charge in [-0.1, -0.05) is 19.9 Å². The number of hydrogen-bond acceptors (Lipinski definition) is 2. The summed E-state index contributed by atoms with van der Waals surface area (Å²) in [5, 5.41) is 0. The second-order valence-corrected chi connectivity index (χ2v) is 2.68. The number of hydrogen-bond donors (Lipinski definition) is 0. The predicted molar refractivity (Wildman–Crippen MR) is 58.4 cm³/mol. The summed E-state index contributed by atoms with van der Waals surface area (Å²) in [5.74, 6) is -0.869. The maximum Gasteiger partial charge on any atom is 0.338 e. The molecule has 0 saturated carbocycles. The van der Waals surface area contributed by atoms with Crippen LogP contribution in [0.15, 0.2) is 18.2 Å². The van der Waals surface area contributed by atoms with Crippen LogP contribution in [-0.4, -0.2) is 12.6 Å². The van der Waals surface area contributed by atoms with Crippen LogP contribution in [-0.2, 0) is 4.74 Å². The van der Waals surface area contributed by atoms with E-state index < -0.39 is 5.97 Å². The van der Waals surface area contributed by atoms with Crippen molar-refractivity contribution in [2.24, 2.45) is 0 Å². The number of esters is 1. The van der Waals surface area contributed by atoms with Crippen molar-refractivity contribution in [1.82, 2.24) is 0 Å². The lowest BCUT2D eigenvalue weighted by atomic mass is 10.1. The van der Waals surface area contributed by atoms with Crippen molar-refractivity contribution in [3.05, 3.63) is 35.1 Å². The van der Waals surface area contributed by atoms with Crippen LogP contribution in [0.25, 0.3) is 0 Å². The third-order valence-electron chi connectivity index (χ3n) is 1.68. The maximum atomic E-state index is 13.0. The van der Waals surface area contributed by atoms with Gasteiger partial charge >= 0.3 is 5.97 Å². The zero-order chi connectivity index (χ0) is 11.8. The van der Waals surface area contributed by atoms with Crippen molar-refractivity contribution in [2.75, 3.05) is 6.61 Å². The number of halogens is 1. The molecule has 0 amide bonds. The van der Waals surface area contributed by atoms with E-state index in [2.05, 4.69) is 0 Å². The molecule has 0 spiro atoms. The van der Waals surface area contributed by atoms with E-state index >= 15 is 0 Å². The molecule has 0 bridgehead atoms. The molecule has 0 aliphatic heterocycles. The van der Waals surface area contributed by atoms with Gasteiger partial charge in [-0.15, -0.1) is 0 Å². The Morgan fingerprint density at radius 1 is 1.40 bits per heavy atom. The van der Waals surface area contributed by atoms with E-state index in [-0.39, 0.29) is 11.4 Å². The van der Waals surface area contributed by atoms with Gasteiger partial charge < -0.3 is 4.74 Å². The van der Waals surface area contributed by atoms with E-state index in [9.17, 15) is 9.18 Å². The fourth-order valence-electron chi connectivity index (χ4n) is 0.934. The van der Waals surface area contributed by atoms with Gasteiger partial charge in [0.1, 0.15) is 5.82 Å². The normalized spacial score (nSPS) is 8.87. The van der Waals surface area contributed by atoms with Crippen molar-refractivity contribution in [3.63, 3.8) is 0 Å². The second-order valence-electron chi connectivity index (χ2n) is 2.68. The summed E-state index contributed by atoms with van der Waals surface area (Å²) in [6.07, 6.45) is 0. The summed E-state index contributed by atoms with van der Waals surface area (Å²) >= 11 is 0. The van der Waals surface area contributed by atoms with Crippen LogP contribution in [0.5, 0.6) is 0 Å². The van der Waals surface area contributed by atoms with Gasteiger partial charge in [-0.25, -0.2) is 9.18 Å². The molecule has 3 heteroatoms. The molecule has 1 aromatic carbocycles. The number of ether oxygens (including phenoxy) is 1. The minimum absolute atomic E-state index is 0.255. The SMILES string of the molecule is CC.CCOC(=O)c1ccc(C)c(F)c1. The summed E-state index contributed by atoms with van der Waals surface area (Å²) in [6.45, 7) is 7.65. The Balaban J connectivity index is 0.000000921. The van der Waals surface area contributed by atoms with Crippen molar-refractivity contribution >= 4 is 5.97 Å². The lowest BCUT2D eigenvalue weighted by Crippen LogP contribution is -2.05. The molecule has 0 aromatic heterocycles. The smallest absolute Gasteiger partial charge is 0.338 e. The Bertz CT molecular complexity index is 321. The van der Waals surface area contributed by atoms with Gasteiger partial charge in [-0.3, -0.25) is 0 Å². The fraction of sp³-hybridized carbons (Fsp3) is 0.417. The van der Waals surface area contributed by atoms with E-state index in [1.807, 2.05) is 13.8 Å². The van der Waals surface area contributed by atoms with E-state index in [0.717, 1.165) is 0 Å². The highest BCUT2D eigenvalue weighted by molar-refractivity contribution is 5.89. The lowest BCUT2D eigenvalue weighted by molar-refractivity contribution is 0.0526. The Labute approximate surface area is 90.1 Å². The molecule has 0 fully saturated rings. The Hall–Kier alpha value is -1.38. The number of carbonyl (C=O) groups is 1. The molecule has 15 heavy (non-hydrogen) atoms. The number of carbonyl (C=O) groups excluding carboxylic acids is 1. The molecule has 1 aromatic rings. The van der Waals surface area contributed by atoms with Crippen molar-refractivity contribution in [2.45, 2.75) is 27.7 Å². The largest absolute Gasteiger partial charge is 0.462 e. The zero-order valence-corrected chi connectivity index (χ0v) is 9.63. The monoisotopic (exact) mass is 212 g/mol. The van der Waals surface area contributed by atoms with Crippen LogP contribution in [0.2, 0.25) is 0 Å². The van der Waals surface area contributed by atoms with Gasteiger partial charge in [0.25, 0.3) is 0 Å². The second kappa shape index (κ2) is 6.98. The first-order chi connectivity index (χ1) is 7.15. The van der Waals surface area contributed by atoms with Gasteiger partial charge in [0.2, 0.25) is 0 Å². The van der Waals surface area contributed by atoms with Crippen LogP contribution in [0.4, 0.5) is 4.39 Å². The minimum atomic E-state index is -0.485. The van der Waals surface area contributed by atoms with Crippen LogP contribution in [0.3, 0.4) is 0 Å². The van der Waals surface area contributed by atoms with Gasteiger partial charge in [0, 0.05) is 0 Å². The molecule has 1 rings (SSSR count). The molecule has 0 heterocycles. The minimum Gasteiger partial charge on any atom is -0.462 e. The van der Waals surface area contributed by atoms with Crippen LogP contribution < -0.4 is 0 Å². The van der Waals surface area contributed by atoms with Crippen LogP contribution >= 0.6 is 0 Å². The van der Waals surface area contributed by atoms with Gasteiger partial charge in [-0.2, -0.15) is 0 Å². The van der Waals surface area contributed by atoms with E-state index in [4.69, 9.17) is 4.74 Å². The van der Waals surface area contributed by atoms with Crippen molar-refractivity contribution in [3.8, 4) is 0 Å². The maximum absolute atomic E-state index is 13.0. The molecule has 0 aliphatic rings. The highest BCUT2D eigenvalue weighted by Gasteiger charge is 2.07. The summed E-state index contributed by atoms with van der Waals surface area (Å²) < 4.78 is 17.7. The van der Waals surface area contributed by atoms with Crippen molar-refractivity contribution in [1.29, 1.82) is 0 Å². The molecule has 2 nitrogen and oxygen atoms in total. The summed E-state index contributed by atoms with van der Waals surface area (Å²) in [7, 11) is 0. The van der Waals surface area contributed by atoms with E-state index in [0.29, 0.717) is 12.2 Å². The lowest BCUT2D eigenvalue weighted by Gasteiger charge is -2.02. The standard InChI is InChI=1S/C10H11FO2.C2H6/c1-3-13-10(12)8-5-4-7(2)9(11)6-8;1-2/h4-6H,3H2,1-2H3;1-2H3. The third-order valence-corrected chi connectivity index (χ3v) is 1.68. The molecule has 0 saturated heterocycles. The molecular weight excluding hydrogens is 195 g/mol. The molecular formula is C12H17FO2. The highest BCUT2D eigenvalue weighted by atomic mass is 19.1. The first kappa shape index (κ1) is 13.6. The highest BCUT2D eigenvalue weighted by Crippen LogP contribution is 2.09. The predicted octanol–water partition coefficient (Wildman–Crippen LogP) is 3.34. The zero-order valence-electron chi connectivity index (χ0n) is 9.63. The number of rotatable bonds is 2. The summed E-state index contributed by atoms with van der Waals surface area (Å²) in [4.78, 5) is 11.1. The number of aryl methyl sites for hydroxylation is 1. The van der Waals surface area contributed by atoms with Crippen LogP contribution in [0.1, 0.15) is 36.7 Å². The molecule has 0 atom stereocenters. The topological polar surface area (TPSA) is 26.3 Å². The van der Waals surface area contributed by atoms with Crippen LogP contribution in [0, 0.1) is 12.7 Å². The first-order valence-electron chi connectivity index (χ1n) is 5.08. The molecule has 0 radical (unpaired) electrons. The third kappa shape index (κ3) is 4.11. The fourth-order valence-corrected chi connectivity index (χ4v) is 0.934. The van der Waals surface area contributed by atoms with E-state index in [1.54, 1.807) is 26.0 Å². The average Bonchev–Trinajstić information content (AvgIpc) is 2.25. The van der Waals surface area contributed by atoms with Gasteiger partial charge in [0.05, 0.1) is 12.2 Å². The first-order valence-corrected chi connectivity index (χ1v) is 5.08. The van der Waals surface area contributed by atoms with Gasteiger partial charge in [0.15, 0.2) is 0 Å². The van der Waals surface area contributed by atoms with Crippen molar-refractivity contribution < 1.29 is 13.9 Å². The molecule has 0 aliphatic carbocycles. The molecule has 0 N–H and O–H groups in total. The Kier molecular flexibility index (Phi) is 6.34. The Morgan fingerprint density at radius 2 is 2.00 bits per heavy atom. The average molecular weight is 212 g/mol. The van der Waals surface area contributed by atoms with Gasteiger partial charge in [-0.05, 0) is 31.5 Å². The quantitative estimate of drug-likeness (QED) is 0.703.